The Morgan fingerprint density at radius 2 is 1.03 bits per heavy atom. The van der Waals surface area contributed by atoms with Gasteiger partial charge >= 0.3 is 23.9 Å². The molecule has 23 nitrogen and oxygen atoms in total. The first-order valence-electron chi connectivity index (χ1n) is 16.6. The maximum absolute atomic E-state index is 14.2. The van der Waals surface area contributed by atoms with E-state index in [1.54, 1.807) is 0 Å². The Balaban J connectivity index is 1.51. The summed E-state index contributed by atoms with van der Waals surface area (Å²) in [5.74, 6) is -22.8. The van der Waals surface area contributed by atoms with Crippen LogP contribution in [0, 0.1) is 0 Å². The number of aliphatic hydroxyl groups is 3. The molecule has 0 aromatic heterocycles. The number of carbonyl (C=O) groups excluding carboxylic acids is 4. The monoisotopic (exact) mass is 828 g/mol. The van der Waals surface area contributed by atoms with E-state index in [-0.39, 0.29) is 0 Å². The highest BCUT2D eigenvalue weighted by molar-refractivity contribution is 6.10. The Morgan fingerprint density at radius 1 is 0.542 bits per heavy atom. The van der Waals surface area contributed by atoms with Crippen molar-refractivity contribution in [3.63, 3.8) is 0 Å². The molecule has 4 heterocycles. The van der Waals surface area contributed by atoms with Gasteiger partial charge in [0.1, 0.15) is 18.8 Å². The fourth-order valence-electron chi connectivity index (χ4n) is 7.21. The van der Waals surface area contributed by atoms with Crippen molar-refractivity contribution < 1.29 is 115 Å². The van der Waals surface area contributed by atoms with Crippen molar-refractivity contribution in [2.24, 2.45) is 0 Å². The summed E-state index contributed by atoms with van der Waals surface area (Å²) in [5, 5.41) is 162. The van der Waals surface area contributed by atoms with Crippen LogP contribution in [0.25, 0.3) is 11.1 Å². The van der Waals surface area contributed by atoms with Gasteiger partial charge < -0.3 is 95.5 Å². The lowest BCUT2D eigenvalue weighted by Gasteiger charge is -2.47. The van der Waals surface area contributed by atoms with Gasteiger partial charge in [-0.1, -0.05) is 0 Å². The van der Waals surface area contributed by atoms with E-state index >= 15 is 0 Å². The first-order chi connectivity index (χ1) is 27.7. The smallest absolute Gasteiger partial charge is 0.340 e. The third kappa shape index (κ3) is 5.54. The predicted octanol–water partition coefficient (Wildman–Crippen LogP) is -0.358. The van der Waals surface area contributed by atoms with Crippen LogP contribution in [-0.4, -0.2) is 138 Å². The minimum Gasteiger partial charge on any atom is -0.504 e. The zero-order chi connectivity index (χ0) is 43.3. The zero-order valence-corrected chi connectivity index (χ0v) is 29.1. The Morgan fingerprint density at radius 3 is 1.59 bits per heavy atom. The fraction of sp³-hybridized carbons (Fsp3) is 0.222. The van der Waals surface area contributed by atoms with E-state index in [1.165, 1.54) is 0 Å². The summed E-state index contributed by atoms with van der Waals surface area (Å²) >= 11 is 0. The van der Waals surface area contributed by atoms with Gasteiger partial charge in [0.2, 0.25) is 28.6 Å². The Bertz CT molecular complexity index is 2560. The average Bonchev–Trinajstić information content (AvgIpc) is 3.19. The number of aliphatic hydroxyl groups excluding tert-OH is 3. The molecule has 4 aromatic rings. The van der Waals surface area contributed by atoms with E-state index in [1.807, 2.05) is 0 Å². The minimum atomic E-state index is -3.28. The van der Waals surface area contributed by atoms with Crippen molar-refractivity contribution in [3.05, 3.63) is 57.1 Å². The van der Waals surface area contributed by atoms with Gasteiger partial charge in [-0.3, -0.25) is 0 Å². The molecule has 4 aliphatic heterocycles. The number of fused-ring (bicyclic) bond motifs is 5. The van der Waals surface area contributed by atoms with Crippen LogP contribution in [-0.2, 0) is 25.4 Å². The molecule has 0 unspecified atom stereocenters. The van der Waals surface area contributed by atoms with Crippen LogP contribution < -0.4 is 0 Å². The standard InChI is InChI=1S/C36H28O23/c37-6-36-30(51)19-18(35(55)59-36)17(26(48)28(50)27(19)49)16-11(4-14(40)24(46)25(16)47)34(54)58-31(36)29-15(41)5-56-32(52)9-2-12(38)22(44)20(42)7(9)1-8-10(33(53)57-29)3-13(39)23(45)21(8)43/h2-4,15,29-31,37-51H,1,5-6H2/t15-,29-,30+,31+,36-/m1/s1. The molecule has 15 N–H and O–H groups in total. The number of phenols is 12. The molecule has 5 atom stereocenters. The molecule has 0 fully saturated rings. The molecule has 8 rings (SSSR count). The van der Waals surface area contributed by atoms with Crippen LogP contribution in [0.5, 0.6) is 69.0 Å². The maximum Gasteiger partial charge on any atom is 0.340 e. The molecular formula is C36H28O23. The summed E-state index contributed by atoms with van der Waals surface area (Å²) in [7, 11) is 0. The number of benzene rings is 4. The van der Waals surface area contributed by atoms with Crippen molar-refractivity contribution in [2.75, 3.05) is 13.2 Å². The van der Waals surface area contributed by atoms with Gasteiger partial charge in [0.05, 0.1) is 28.9 Å². The highest BCUT2D eigenvalue weighted by Gasteiger charge is 2.62. The Labute approximate surface area is 325 Å². The molecule has 0 saturated heterocycles. The molecule has 310 valence electrons. The molecule has 4 bridgehead atoms. The number of esters is 4. The summed E-state index contributed by atoms with van der Waals surface area (Å²) in [6.07, 6.45) is -11.9. The number of carbonyl (C=O) groups is 4. The number of aromatic hydroxyl groups is 12. The van der Waals surface area contributed by atoms with Gasteiger partial charge in [0.25, 0.3) is 0 Å². The van der Waals surface area contributed by atoms with Crippen LogP contribution in [0.15, 0.2) is 18.2 Å². The number of ether oxygens (including phenoxy) is 4. The first kappa shape index (κ1) is 39.5. The largest absolute Gasteiger partial charge is 0.504 e. The third-order valence-corrected chi connectivity index (χ3v) is 10.2. The van der Waals surface area contributed by atoms with Crippen LogP contribution >= 0.6 is 0 Å². The van der Waals surface area contributed by atoms with Crippen LogP contribution in [0.3, 0.4) is 0 Å². The van der Waals surface area contributed by atoms with Gasteiger partial charge in [-0.25, -0.2) is 19.2 Å². The lowest BCUT2D eigenvalue weighted by molar-refractivity contribution is -0.217. The average molecular weight is 829 g/mol. The molecular weight excluding hydrogens is 800 g/mol. The molecule has 0 saturated carbocycles. The number of hydrogen-bond donors (Lipinski definition) is 15. The highest BCUT2D eigenvalue weighted by atomic mass is 16.6. The lowest BCUT2D eigenvalue weighted by atomic mass is 9.76. The Hall–Kier alpha value is -7.76. The van der Waals surface area contributed by atoms with E-state index in [2.05, 4.69) is 0 Å². The van der Waals surface area contributed by atoms with Crippen LogP contribution in [0.2, 0.25) is 0 Å². The molecule has 0 amide bonds. The topological polar surface area (TPSA) is 409 Å². The maximum atomic E-state index is 14.2. The molecule has 0 aliphatic carbocycles. The summed E-state index contributed by atoms with van der Waals surface area (Å²) in [6, 6.07) is 1.43. The number of cyclic esters (lactones) is 2. The van der Waals surface area contributed by atoms with E-state index in [9.17, 15) is 95.8 Å². The molecule has 4 aliphatic rings. The third-order valence-electron chi connectivity index (χ3n) is 10.2. The summed E-state index contributed by atoms with van der Waals surface area (Å²) in [5.41, 5.74) is -12.1. The van der Waals surface area contributed by atoms with Gasteiger partial charge in [-0.05, 0) is 18.2 Å². The van der Waals surface area contributed by atoms with Crippen molar-refractivity contribution >= 4 is 23.9 Å². The number of rotatable bonds is 2. The number of hydrogen-bond acceptors (Lipinski definition) is 23. The van der Waals surface area contributed by atoms with Crippen LogP contribution in [0.4, 0.5) is 0 Å². The summed E-state index contributed by atoms with van der Waals surface area (Å²) in [6.45, 7) is -3.08. The van der Waals surface area contributed by atoms with E-state index in [0.29, 0.717) is 18.2 Å². The predicted molar refractivity (Wildman–Crippen MR) is 182 cm³/mol. The summed E-state index contributed by atoms with van der Waals surface area (Å²) < 4.78 is 21.6. The second kappa shape index (κ2) is 13.4. The number of phenolic OH excluding ortho intramolecular Hbond substituents is 12. The molecule has 59 heavy (non-hydrogen) atoms. The van der Waals surface area contributed by atoms with Crippen molar-refractivity contribution in [3.8, 4) is 80.1 Å². The van der Waals surface area contributed by atoms with Crippen LogP contribution in [0.1, 0.15) is 64.2 Å². The summed E-state index contributed by atoms with van der Waals surface area (Å²) in [4.78, 5) is 55.8. The minimum absolute atomic E-state index is 0.405. The van der Waals surface area contributed by atoms with Gasteiger partial charge in [-0.2, -0.15) is 0 Å². The molecule has 23 heteroatoms. The normalized spacial score (nSPS) is 22.6. The molecule has 4 aromatic carbocycles. The van der Waals surface area contributed by atoms with Gasteiger partial charge in [0, 0.05) is 34.2 Å². The van der Waals surface area contributed by atoms with Crippen molar-refractivity contribution in [2.45, 2.75) is 36.4 Å². The SMILES string of the molecule is O=C1OC[C@@H](O)[C@H]([C@@H]2OC(=O)c3cc(O)c(O)c(O)c3-c3c(O)c(O)c(O)c4c3C(=O)O[C@]2(CO)[C@H]4O)OC(=O)c2cc(O)c(O)c(O)c2Cc2c1cc(O)c(O)c2O. The van der Waals surface area contributed by atoms with E-state index in [0.717, 1.165) is 0 Å². The van der Waals surface area contributed by atoms with Crippen molar-refractivity contribution in [1.29, 1.82) is 0 Å². The second-order valence-electron chi connectivity index (χ2n) is 13.4. The second-order valence-corrected chi connectivity index (χ2v) is 13.4. The highest BCUT2D eigenvalue weighted by Crippen LogP contribution is 2.59. The molecule has 0 radical (unpaired) electrons. The molecule has 0 spiro atoms. The van der Waals surface area contributed by atoms with E-state index < -0.39 is 193 Å². The van der Waals surface area contributed by atoms with Gasteiger partial charge in [-0.15, -0.1) is 0 Å². The van der Waals surface area contributed by atoms with Crippen molar-refractivity contribution in [1.82, 2.24) is 0 Å². The quantitative estimate of drug-likeness (QED) is 0.0697. The lowest BCUT2D eigenvalue weighted by Crippen LogP contribution is -2.65. The zero-order valence-electron chi connectivity index (χ0n) is 29.1. The van der Waals surface area contributed by atoms with E-state index in [4.69, 9.17) is 18.9 Å². The Kier molecular flexibility index (Phi) is 8.98. The van der Waals surface area contributed by atoms with Gasteiger partial charge in [0.15, 0.2) is 58.2 Å². The fourth-order valence-corrected chi connectivity index (χ4v) is 7.21. The first-order valence-corrected chi connectivity index (χ1v) is 16.6.